The van der Waals surface area contributed by atoms with Crippen LogP contribution in [0.4, 0.5) is 5.82 Å². The molecule has 0 unspecified atom stereocenters. The van der Waals surface area contributed by atoms with E-state index in [4.69, 9.17) is 5.26 Å². The summed E-state index contributed by atoms with van der Waals surface area (Å²) in [5, 5.41) is 8.71. The number of nitriles is 1. The summed E-state index contributed by atoms with van der Waals surface area (Å²) in [5.41, 5.74) is 0.377. The summed E-state index contributed by atoms with van der Waals surface area (Å²) in [6, 6.07) is 2.56. The third-order valence-electron chi connectivity index (χ3n) is 4.06. The summed E-state index contributed by atoms with van der Waals surface area (Å²) in [7, 11) is 2.08. The van der Waals surface area contributed by atoms with E-state index in [0.717, 1.165) is 11.7 Å². The number of anilines is 1. The summed E-state index contributed by atoms with van der Waals surface area (Å²) in [4.78, 5) is 10.6. The Hall–Kier alpha value is -1.63. The molecule has 1 fully saturated rings. The fraction of sp³-hybridized carbons (Fsp3) is 0.643. The molecule has 1 aromatic heterocycles. The molecule has 1 heterocycles. The van der Waals surface area contributed by atoms with Crippen LogP contribution in [0.15, 0.2) is 12.4 Å². The van der Waals surface area contributed by atoms with Crippen molar-refractivity contribution in [1.82, 2.24) is 9.97 Å². The molecule has 0 saturated heterocycles. The Bertz CT molecular complexity index is 412. The molecule has 96 valence electrons. The summed E-state index contributed by atoms with van der Waals surface area (Å²) in [6.07, 6.45) is 9.64. The molecule has 0 aliphatic heterocycles. The summed E-state index contributed by atoms with van der Waals surface area (Å²) < 4.78 is 0. The average Bonchev–Trinajstić information content (AvgIpc) is 2.47. The van der Waals surface area contributed by atoms with E-state index in [1.165, 1.54) is 32.1 Å². The van der Waals surface area contributed by atoms with Crippen LogP contribution in [0.1, 0.15) is 44.7 Å². The van der Waals surface area contributed by atoms with Gasteiger partial charge in [-0.3, -0.25) is 0 Å². The quantitative estimate of drug-likeness (QED) is 0.820. The van der Waals surface area contributed by atoms with E-state index in [1.54, 1.807) is 12.4 Å². The first kappa shape index (κ1) is 12.8. The summed E-state index contributed by atoms with van der Waals surface area (Å²) in [6.45, 7) is 2.28. The third-order valence-corrected chi connectivity index (χ3v) is 4.06. The maximum Gasteiger partial charge on any atom is 0.158 e. The molecular formula is C14H20N4. The first-order chi connectivity index (χ1) is 8.74. The smallest absolute Gasteiger partial charge is 0.158 e. The standard InChI is InChI=1S/C14H20N4/c1-3-11-4-6-13(7-5-11)18(2)14-10-16-12(8-15)9-17-14/h9-11,13H,3-7H2,1-2H3. The normalized spacial score (nSPS) is 23.4. The Morgan fingerprint density at radius 3 is 2.50 bits per heavy atom. The van der Waals surface area contributed by atoms with Crippen molar-refractivity contribution < 1.29 is 0 Å². The second kappa shape index (κ2) is 5.81. The topological polar surface area (TPSA) is 52.8 Å². The van der Waals surface area contributed by atoms with Crippen molar-refractivity contribution in [3.8, 4) is 6.07 Å². The van der Waals surface area contributed by atoms with Gasteiger partial charge in [0.05, 0.1) is 12.4 Å². The molecular weight excluding hydrogens is 224 g/mol. The molecule has 0 bridgehead atoms. The van der Waals surface area contributed by atoms with Crippen LogP contribution < -0.4 is 4.90 Å². The van der Waals surface area contributed by atoms with Gasteiger partial charge in [-0.2, -0.15) is 5.26 Å². The molecule has 1 saturated carbocycles. The molecule has 2 rings (SSSR count). The molecule has 18 heavy (non-hydrogen) atoms. The minimum absolute atomic E-state index is 0.377. The van der Waals surface area contributed by atoms with Gasteiger partial charge in [-0.15, -0.1) is 0 Å². The second-order valence-electron chi connectivity index (χ2n) is 5.07. The zero-order valence-corrected chi connectivity index (χ0v) is 11.1. The van der Waals surface area contributed by atoms with Gasteiger partial charge in [-0.25, -0.2) is 9.97 Å². The zero-order valence-electron chi connectivity index (χ0n) is 11.1. The highest BCUT2D eigenvalue weighted by Gasteiger charge is 2.23. The van der Waals surface area contributed by atoms with Gasteiger partial charge < -0.3 is 4.90 Å². The fourth-order valence-electron chi connectivity index (χ4n) is 2.69. The molecule has 1 aliphatic rings. The van der Waals surface area contributed by atoms with E-state index >= 15 is 0 Å². The van der Waals surface area contributed by atoms with Crippen LogP contribution >= 0.6 is 0 Å². The third kappa shape index (κ3) is 2.79. The molecule has 0 aromatic carbocycles. The largest absolute Gasteiger partial charge is 0.355 e. The van der Waals surface area contributed by atoms with Crippen LogP contribution in [-0.2, 0) is 0 Å². The van der Waals surface area contributed by atoms with E-state index in [9.17, 15) is 0 Å². The maximum absolute atomic E-state index is 8.71. The minimum Gasteiger partial charge on any atom is -0.355 e. The Labute approximate surface area is 109 Å². The number of nitrogens with zero attached hydrogens (tertiary/aromatic N) is 4. The van der Waals surface area contributed by atoms with Crippen LogP contribution in [-0.4, -0.2) is 23.1 Å². The summed E-state index contributed by atoms with van der Waals surface area (Å²) >= 11 is 0. The monoisotopic (exact) mass is 244 g/mol. The van der Waals surface area contributed by atoms with E-state index in [-0.39, 0.29) is 0 Å². The lowest BCUT2D eigenvalue weighted by molar-refractivity contribution is 0.313. The van der Waals surface area contributed by atoms with Crippen molar-refractivity contribution in [3.63, 3.8) is 0 Å². The zero-order chi connectivity index (χ0) is 13.0. The van der Waals surface area contributed by atoms with Crippen molar-refractivity contribution in [3.05, 3.63) is 18.1 Å². The fourth-order valence-corrected chi connectivity index (χ4v) is 2.69. The molecule has 0 spiro atoms. The van der Waals surface area contributed by atoms with Crippen LogP contribution in [0.25, 0.3) is 0 Å². The highest BCUT2D eigenvalue weighted by atomic mass is 15.2. The molecule has 0 atom stereocenters. The van der Waals surface area contributed by atoms with Gasteiger partial charge in [0.2, 0.25) is 0 Å². The second-order valence-corrected chi connectivity index (χ2v) is 5.07. The van der Waals surface area contributed by atoms with Crippen molar-refractivity contribution >= 4 is 5.82 Å². The molecule has 4 nitrogen and oxygen atoms in total. The highest BCUT2D eigenvalue weighted by molar-refractivity contribution is 5.37. The first-order valence-corrected chi connectivity index (χ1v) is 6.69. The van der Waals surface area contributed by atoms with E-state index in [1.807, 2.05) is 6.07 Å². The number of hydrogen-bond acceptors (Lipinski definition) is 4. The molecule has 0 N–H and O–H groups in total. The molecule has 4 heteroatoms. The van der Waals surface area contributed by atoms with Crippen molar-refractivity contribution in [2.45, 2.75) is 45.1 Å². The van der Waals surface area contributed by atoms with Gasteiger partial charge >= 0.3 is 0 Å². The SMILES string of the molecule is CCC1CCC(N(C)c2cnc(C#N)cn2)CC1. The van der Waals surface area contributed by atoms with Gasteiger partial charge in [0.25, 0.3) is 0 Å². The Kier molecular flexibility index (Phi) is 4.14. The van der Waals surface area contributed by atoms with Gasteiger partial charge in [0, 0.05) is 13.1 Å². The van der Waals surface area contributed by atoms with E-state index in [2.05, 4.69) is 28.8 Å². The van der Waals surface area contributed by atoms with Gasteiger partial charge in [0.15, 0.2) is 5.69 Å². The molecule has 0 radical (unpaired) electrons. The minimum atomic E-state index is 0.377. The van der Waals surface area contributed by atoms with Crippen molar-refractivity contribution in [1.29, 1.82) is 5.26 Å². The first-order valence-electron chi connectivity index (χ1n) is 6.69. The lowest BCUT2D eigenvalue weighted by Crippen LogP contribution is -2.35. The van der Waals surface area contributed by atoms with Gasteiger partial charge in [0.1, 0.15) is 11.9 Å². The highest BCUT2D eigenvalue weighted by Crippen LogP contribution is 2.30. The average molecular weight is 244 g/mol. The van der Waals surface area contributed by atoms with Gasteiger partial charge in [-0.1, -0.05) is 13.3 Å². The number of rotatable bonds is 3. The van der Waals surface area contributed by atoms with Crippen molar-refractivity contribution in [2.24, 2.45) is 5.92 Å². The van der Waals surface area contributed by atoms with Crippen LogP contribution in [0, 0.1) is 17.2 Å². The summed E-state index contributed by atoms with van der Waals surface area (Å²) in [5.74, 6) is 1.77. The van der Waals surface area contributed by atoms with E-state index < -0.39 is 0 Å². The van der Waals surface area contributed by atoms with Crippen molar-refractivity contribution in [2.75, 3.05) is 11.9 Å². The number of hydrogen-bond donors (Lipinski definition) is 0. The predicted molar refractivity (Wildman–Crippen MR) is 71.2 cm³/mol. The van der Waals surface area contributed by atoms with Crippen LogP contribution in [0.5, 0.6) is 0 Å². The maximum atomic E-state index is 8.71. The number of aromatic nitrogens is 2. The lowest BCUT2D eigenvalue weighted by atomic mass is 9.84. The van der Waals surface area contributed by atoms with E-state index in [0.29, 0.717) is 11.7 Å². The molecule has 1 aliphatic carbocycles. The van der Waals surface area contributed by atoms with Crippen LogP contribution in [0.3, 0.4) is 0 Å². The Morgan fingerprint density at radius 2 is 2.00 bits per heavy atom. The Morgan fingerprint density at radius 1 is 1.28 bits per heavy atom. The van der Waals surface area contributed by atoms with Crippen LogP contribution in [0.2, 0.25) is 0 Å². The predicted octanol–water partition coefficient (Wildman–Crippen LogP) is 2.75. The Balaban J connectivity index is 1.98. The van der Waals surface area contributed by atoms with Gasteiger partial charge in [-0.05, 0) is 31.6 Å². The lowest BCUT2D eigenvalue weighted by Gasteiger charge is -2.34. The molecule has 1 aromatic rings. The molecule has 0 amide bonds.